The van der Waals surface area contributed by atoms with Crippen LogP contribution in [-0.4, -0.2) is 41.4 Å². The Morgan fingerprint density at radius 3 is 2.62 bits per heavy atom. The van der Waals surface area contributed by atoms with Crippen molar-refractivity contribution in [2.75, 3.05) is 13.1 Å². The maximum Gasteiger partial charge on any atom is 0.387 e. The molecule has 1 heterocycles. The molecule has 1 aromatic rings. The van der Waals surface area contributed by atoms with Crippen LogP contribution in [0.25, 0.3) is 0 Å². The average Bonchev–Trinajstić information content (AvgIpc) is 2.46. The lowest BCUT2D eigenvalue weighted by molar-refractivity contribution is -0.0498. The molecule has 1 unspecified atom stereocenters. The zero-order valence-electron chi connectivity index (χ0n) is 11.5. The van der Waals surface area contributed by atoms with Crippen molar-refractivity contribution >= 4 is 11.6 Å². The van der Waals surface area contributed by atoms with Gasteiger partial charge < -0.3 is 14.8 Å². The topological polar surface area (TPSA) is 62.1 Å². The Morgan fingerprint density at radius 1 is 1.43 bits per heavy atom. The number of oxime groups is 1. The molecule has 114 valence electrons. The highest BCUT2D eigenvalue weighted by molar-refractivity contribution is 5.96. The number of hydrogen-bond acceptors (Lipinski definition) is 4. The molecular weight excluding hydrogens is 282 g/mol. The van der Waals surface area contributed by atoms with Crippen molar-refractivity contribution in [2.24, 2.45) is 11.1 Å². The van der Waals surface area contributed by atoms with Gasteiger partial charge in [0.1, 0.15) is 5.75 Å². The van der Waals surface area contributed by atoms with Crippen molar-refractivity contribution in [2.45, 2.75) is 20.0 Å². The van der Waals surface area contributed by atoms with Gasteiger partial charge in [-0.1, -0.05) is 12.1 Å². The van der Waals surface area contributed by atoms with Crippen LogP contribution in [0.2, 0.25) is 0 Å². The standard InChI is InChI=1S/C14H16F2N2O3/c1-9-8-18(7-6-12(9)17-20)13(19)10-2-4-11(5-3-10)21-14(15)16/h2-5,9,14,20H,6-8H2,1H3/b17-12+. The van der Waals surface area contributed by atoms with Gasteiger partial charge >= 0.3 is 6.61 Å². The Morgan fingerprint density at radius 2 is 2.10 bits per heavy atom. The number of rotatable bonds is 3. The van der Waals surface area contributed by atoms with E-state index in [1.807, 2.05) is 6.92 Å². The third-order valence-electron chi connectivity index (χ3n) is 3.44. The molecule has 1 aliphatic heterocycles. The van der Waals surface area contributed by atoms with E-state index >= 15 is 0 Å². The number of ether oxygens (including phenoxy) is 1. The van der Waals surface area contributed by atoms with Gasteiger partial charge in [-0.05, 0) is 24.3 Å². The maximum absolute atomic E-state index is 12.3. The van der Waals surface area contributed by atoms with Crippen LogP contribution >= 0.6 is 0 Å². The van der Waals surface area contributed by atoms with Crippen LogP contribution in [0.5, 0.6) is 5.75 Å². The minimum atomic E-state index is -2.88. The monoisotopic (exact) mass is 298 g/mol. The van der Waals surface area contributed by atoms with E-state index < -0.39 is 6.61 Å². The molecule has 0 bridgehead atoms. The number of halogens is 2. The van der Waals surface area contributed by atoms with Crippen LogP contribution in [0.3, 0.4) is 0 Å². The number of piperidine rings is 1. The molecule has 0 aliphatic carbocycles. The SMILES string of the molecule is CC1CN(C(=O)c2ccc(OC(F)F)cc2)CC/C1=N\O. The third kappa shape index (κ3) is 3.68. The first-order valence-corrected chi connectivity index (χ1v) is 6.56. The minimum Gasteiger partial charge on any atom is -0.435 e. The van der Waals surface area contributed by atoms with E-state index in [1.54, 1.807) is 4.90 Å². The Kier molecular flexibility index (Phi) is 4.72. The van der Waals surface area contributed by atoms with Gasteiger partial charge in [0.25, 0.3) is 5.91 Å². The number of likely N-dealkylation sites (tertiary alicyclic amines) is 1. The molecule has 1 saturated heterocycles. The van der Waals surface area contributed by atoms with Crippen molar-refractivity contribution in [1.29, 1.82) is 0 Å². The highest BCUT2D eigenvalue weighted by atomic mass is 19.3. The van der Waals surface area contributed by atoms with Gasteiger partial charge in [0.05, 0.1) is 5.71 Å². The molecule has 1 N–H and O–H groups in total. The van der Waals surface area contributed by atoms with E-state index in [-0.39, 0.29) is 17.6 Å². The summed E-state index contributed by atoms with van der Waals surface area (Å²) >= 11 is 0. The zero-order valence-corrected chi connectivity index (χ0v) is 11.5. The van der Waals surface area contributed by atoms with Gasteiger partial charge in [-0.15, -0.1) is 0 Å². The van der Waals surface area contributed by atoms with E-state index in [9.17, 15) is 13.6 Å². The van der Waals surface area contributed by atoms with Crippen LogP contribution in [0.15, 0.2) is 29.4 Å². The fourth-order valence-electron chi connectivity index (χ4n) is 2.32. The Bertz CT molecular complexity index is 532. The molecule has 1 amide bonds. The number of benzene rings is 1. The van der Waals surface area contributed by atoms with E-state index in [4.69, 9.17) is 5.21 Å². The number of carbonyl (C=O) groups is 1. The maximum atomic E-state index is 12.3. The summed E-state index contributed by atoms with van der Waals surface area (Å²) in [5, 5.41) is 12.0. The molecule has 21 heavy (non-hydrogen) atoms. The highest BCUT2D eigenvalue weighted by Crippen LogP contribution is 2.19. The average molecular weight is 298 g/mol. The predicted octanol–water partition coefficient (Wildman–Crippen LogP) is 2.60. The van der Waals surface area contributed by atoms with Crippen LogP contribution < -0.4 is 4.74 Å². The molecule has 1 aromatic carbocycles. The van der Waals surface area contributed by atoms with E-state index in [0.29, 0.717) is 30.8 Å². The first-order valence-electron chi connectivity index (χ1n) is 6.56. The number of amides is 1. The van der Waals surface area contributed by atoms with Gasteiger partial charge in [0, 0.05) is 31.0 Å². The van der Waals surface area contributed by atoms with Gasteiger partial charge in [-0.3, -0.25) is 4.79 Å². The lowest BCUT2D eigenvalue weighted by atomic mass is 9.97. The second kappa shape index (κ2) is 6.51. The van der Waals surface area contributed by atoms with Gasteiger partial charge in [-0.25, -0.2) is 0 Å². The van der Waals surface area contributed by atoms with Gasteiger partial charge in [0.15, 0.2) is 0 Å². The molecule has 5 nitrogen and oxygen atoms in total. The van der Waals surface area contributed by atoms with Crippen molar-refractivity contribution in [3.05, 3.63) is 29.8 Å². The first kappa shape index (κ1) is 15.2. The Hall–Kier alpha value is -2.18. The highest BCUT2D eigenvalue weighted by Gasteiger charge is 2.26. The van der Waals surface area contributed by atoms with Crippen molar-refractivity contribution in [1.82, 2.24) is 4.90 Å². The molecule has 0 saturated carbocycles. The second-order valence-electron chi connectivity index (χ2n) is 4.90. The normalized spacial score (nSPS) is 20.9. The minimum absolute atomic E-state index is 0.00543. The summed E-state index contributed by atoms with van der Waals surface area (Å²) in [6.45, 7) is -0.0647. The summed E-state index contributed by atoms with van der Waals surface area (Å²) in [5.41, 5.74) is 1.09. The molecule has 0 aromatic heterocycles. The van der Waals surface area contributed by atoms with E-state index in [1.165, 1.54) is 24.3 Å². The fraction of sp³-hybridized carbons (Fsp3) is 0.429. The zero-order chi connectivity index (χ0) is 15.4. The van der Waals surface area contributed by atoms with Crippen LogP contribution in [0.1, 0.15) is 23.7 Å². The summed E-state index contributed by atoms with van der Waals surface area (Å²) in [4.78, 5) is 14.0. The van der Waals surface area contributed by atoms with Crippen LogP contribution in [0.4, 0.5) is 8.78 Å². The molecule has 2 rings (SSSR count). The summed E-state index contributed by atoms with van der Waals surface area (Å²) in [7, 11) is 0. The lowest BCUT2D eigenvalue weighted by Crippen LogP contribution is -2.43. The number of hydrogen-bond donors (Lipinski definition) is 1. The van der Waals surface area contributed by atoms with E-state index in [2.05, 4.69) is 9.89 Å². The molecule has 0 spiro atoms. The Balaban J connectivity index is 2.03. The summed E-state index contributed by atoms with van der Waals surface area (Å²) in [6.07, 6.45) is 0.524. The van der Waals surface area contributed by atoms with Crippen molar-refractivity contribution < 1.29 is 23.5 Å². The summed E-state index contributed by atoms with van der Waals surface area (Å²) in [5.74, 6) is -0.167. The van der Waals surface area contributed by atoms with Crippen molar-refractivity contribution in [3.8, 4) is 5.75 Å². The second-order valence-corrected chi connectivity index (χ2v) is 4.90. The largest absolute Gasteiger partial charge is 0.435 e. The first-order chi connectivity index (χ1) is 10.0. The number of nitrogens with zero attached hydrogens (tertiary/aromatic N) is 2. The quantitative estimate of drug-likeness (QED) is 0.689. The molecular formula is C14H16F2N2O3. The van der Waals surface area contributed by atoms with Crippen LogP contribution in [0, 0.1) is 5.92 Å². The van der Waals surface area contributed by atoms with E-state index in [0.717, 1.165) is 0 Å². The number of carbonyl (C=O) groups excluding carboxylic acids is 1. The summed E-state index contributed by atoms with van der Waals surface area (Å²) in [6, 6.07) is 5.60. The summed E-state index contributed by atoms with van der Waals surface area (Å²) < 4.78 is 28.3. The fourth-order valence-corrected chi connectivity index (χ4v) is 2.32. The van der Waals surface area contributed by atoms with Crippen LogP contribution in [-0.2, 0) is 0 Å². The molecule has 1 fully saturated rings. The van der Waals surface area contributed by atoms with Crippen molar-refractivity contribution in [3.63, 3.8) is 0 Å². The molecule has 7 heteroatoms. The molecule has 1 aliphatic rings. The predicted molar refractivity (Wildman–Crippen MR) is 72.0 cm³/mol. The molecule has 1 atom stereocenters. The third-order valence-corrected chi connectivity index (χ3v) is 3.44. The smallest absolute Gasteiger partial charge is 0.387 e. The number of alkyl halides is 2. The van der Waals surface area contributed by atoms with Gasteiger partial charge in [0.2, 0.25) is 0 Å². The Labute approximate surface area is 120 Å². The van der Waals surface area contributed by atoms with Gasteiger partial charge in [-0.2, -0.15) is 8.78 Å². The molecule has 0 radical (unpaired) electrons. The lowest BCUT2D eigenvalue weighted by Gasteiger charge is -2.31.